The number of hydrogen-bond donors (Lipinski definition) is 2. The van der Waals surface area contributed by atoms with Crippen LogP contribution in [0.15, 0.2) is 48.5 Å². The first kappa shape index (κ1) is 18.1. The molecule has 0 aliphatic rings. The van der Waals surface area contributed by atoms with Crippen LogP contribution in [-0.4, -0.2) is 25.4 Å². The molecule has 0 radical (unpaired) electrons. The summed E-state index contributed by atoms with van der Waals surface area (Å²) in [5, 5.41) is 7.02. The van der Waals surface area contributed by atoms with Crippen molar-refractivity contribution < 1.29 is 9.47 Å². The molecular formula is C19H24N2O2S. The minimum absolute atomic E-state index is 0.624. The SMILES string of the molecule is CCOc1ccc(NC(=S)NCCCc2ccccc2OC)cc1. The second-order valence-corrected chi connectivity index (χ2v) is 5.66. The van der Waals surface area contributed by atoms with Crippen LogP contribution in [0, 0.1) is 0 Å². The number of rotatable bonds is 8. The summed E-state index contributed by atoms with van der Waals surface area (Å²) in [5.74, 6) is 1.80. The van der Waals surface area contributed by atoms with Gasteiger partial charge in [0, 0.05) is 12.2 Å². The molecule has 128 valence electrons. The van der Waals surface area contributed by atoms with Crippen LogP contribution in [-0.2, 0) is 6.42 Å². The molecule has 0 fully saturated rings. The van der Waals surface area contributed by atoms with Gasteiger partial charge >= 0.3 is 0 Å². The normalized spacial score (nSPS) is 10.1. The number of para-hydroxylation sites is 1. The number of methoxy groups -OCH3 is 1. The second-order valence-electron chi connectivity index (χ2n) is 5.25. The van der Waals surface area contributed by atoms with Gasteiger partial charge in [0.05, 0.1) is 13.7 Å². The van der Waals surface area contributed by atoms with Crippen molar-refractivity contribution >= 4 is 23.0 Å². The highest BCUT2D eigenvalue weighted by Gasteiger charge is 2.02. The molecule has 0 aliphatic heterocycles. The lowest BCUT2D eigenvalue weighted by Gasteiger charge is -2.12. The summed E-state index contributed by atoms with van der Waals surface area (Å²) >= 11 is 5.32. The van der Waals surface area contributed by atoms with E-state index in [0.717, 1.165) is 36.6 Å². The number of nitrogens with one attached hydrogen (secondary N) is 2. The number of benzene rings is 2. The summed E-state index contributed by atoms with van der Waals surface area (Å²) < 4.78 is 10.8. The Morgan fingerprint density at radius 3 is 2.54 bits per heavy atom. The van der Waals surface area contributed by atoms with E-state index < -0.39 is 0 Å². The molecule has 0 heterocycles. The van der Waals surface area contributed by atoms with Crippen LogP contribution in [0.4, 0.5) is 5.69 Å². The molecule has 0 aliphatic carbocycles. The van der Waals surface area contributed by atoms with E-state index in [1.807, 2.05) is 49.4 Å². The molecule has 0 aromatic heterocycles. The van der Waals surface area contributed by atoms with Gasteiger partial charge in [-0.25, -0.2) is 0 Å². The second kappa shape index (κ2) is 9.78. The summed E-state index contributed by atoms with van der Waals surface area (Å²) in [6.45, 7) is 3.44. The van der Waals surface area contributed by atoms with Crippen molar-refractivity contribution in [1.82, 2.24) is 5.32 Å². The molecule has 2 N–H and O–H groups in total. The summed E-state index contributed by atoms with van der Waals surface area (Å²) in [6.07, 6.45) is 1.92. The van der Waals surface area contributed by atoms with Crippen molar-refractivity contribution in [1.29, 1.82) is 0 Å². The molecule has 5 heteroatoms. The summed E-state index contributed by atoms with van der Waals surface area (Å²) in [5.41, 5.74) is 2.16. The highest BCUT2D eigenvalue weighted by Crippen LogP contribution is 2.18. The minimum Gasteiger partial charge on any atom is -0.496 e. The quantitative estimate of drug-likeness (QED) is 0.559. The Labute approximate surface area is 149 Å². The van der Waals surface area contributed by atoms with Crippen LogP contribution in [0.3, 0.4) is 0 Å². The maximum atomic E-state index is 5.42. The van der Waals surface area contributed by atoms with Gasteiger partial charge in [0.2, 0.25) is 0 Å². The molecule has 24 heavy (non-hydrogen) atoms. The first-order valence-electron chi connectivity index (χ1n) is 8.12. The Bertz CT molecular complexity index is 644. The van der Waals surface area contributed by atoms with Gasteiger partial charge in [0.15, 0.2) is 5.11 Å². The highest BCUT2D eigenvalue weighted by atomic mass is 32.1. The van der Waals surface area contributed by atoms with Crippen LogP contribution >= 0.6 is 12.2 Å². The summed E-state index contributed by atoms with van der Waals surface area (Å²) in [6, 6.07) is 15.9. The van der Waals surface area contributed by atoms with Gasteiger partial charge in [-0.1, -0.05) is 18.2 Å². The van der Waals surface area contributed by atoms with E-state index in [1.165, 1.54) is 5.56 Å². The van der Waals surface area contributed by atoms with Crippen molar-refractivity contribution in [2.75, 3.05) is 25.6 Å². The van der Waals surface area contributed by atoms with Crippen LogP contribution in [0.25, 0.3) is 0 Å². The summed E-state index contributed by atoms with van der Waals surface area (Å²) in [4.78, 5) is 0. The van der Waals surface area contributed by atoms with Gasteiger partial charge in [-0.3, -0.25) is 0 Å². The zero-order valence-corrected chi connectivity index (χ0v) is 15.0. The smallest absolute Gasteiger partial charge is 0.170 e. The summed E-state index contributed by atoms with van der Waals surface area (Å²) in [7, 11) is 1.70. The molecule has 0 saturated carbocycles. The van der Waals surface area contributed by atoms with Gasteiger partial charge in [-0.2, -0.15) is 0 Å². The van der Waals surface area contributed by atoms with Crippen LogP contribution in [0.5, 0.6) is 11.5 Å². The van der Waals surface area contributed by atoms with E-state index in [0.29, 0.717) is 11.7 Å². The lowest BCUT2D eigenvalue weighted by atomic mass is 10.1. The molecule has 2 rings (SSSR count). The van der Waals surface area contributed by atoms with Gasteiger partial charge in [0.25, 0.3) is 0 Å². The zero-order valence-electron chi connectivity index (χ0n) is 14.2. The lowest BCUT2D eigenvalue weighted by molar-refractivity contribution is 0.340. The minimum atomic E-state index is 0.624. The van der Waals surface area contributed by atoms with E-state index in [9.17, 15) is 0 Å². The van der Waals surface area contributed by atoms with Crippen molar-refractivity contribution in [2.24, 2.45) is 0 Å². The molecule has 0 atom stereocenters. The first-order valence-corrected chi connectivity index (χ1v) is 8.53. The molecule has 0 spiro atoms. The first-order chi connectivity index (χ1) is 11.7. The average Bonchev–Trinajstić information content (AvgIpc) is 2.61. The maximum absolute atomic E-state index is 5.42. The molecule has 2 aromatic carbocycles. The highest BCUT2D eigenvalue weighted by molar-refractivity contribution is 7.80. The molecule has 2 aromatic rings. The third-order valence-electron chi connectivity index (χ3n) is 3.52. The molecule has 0 saturated heterocycles. The Morgan fingerprint density at radius 1 is 1.08 bits per heavy atom. The fraction of sp³-hybridized carbons (Fsp3) is 0.316. The van der Waals surface area contributed by atoms with Crippen molar-refractivity contribution in [3.8, 4) is 11.5 Å². The predicted molar refractivity (Wildman–Crippen MR) is 103 cm³/mol. The Kier molecular flexibility index (Phi) is 7.36. The number of ether oxygens (including phenoxy) is 2. The Morgan fingerprint density at radius 2 is 1.83 bits per heavy atom. The number of aryl methyl sites for hydroxylation is 1. The largest absolute Gasteiger partial charge is 0.496 e. The monoisotopic (exact) mass is 344 g/mol. The third-order valence-corrected chi connectivity index (χ3v) is 3.77. The van der Waals surface area contributed by atoms with Crippen molar-refractivity contribution in [2.45, 2.75) is 19.8 Å². The number of hydrogen-bond acceptors (Lipinski definition) is 3. The average molecular weight is 344 g/mol. The van der Waals surface area contributed by atoms with E-state index >= 15 is 0 Å². The molecule has 4 nitrogen and oxygen atoms in total. The number of anilines is 1. The lowest BCUT2D eigenvalue weighted by Crippen LogP contribution is -2.29. The fourth-order valence-electron chi connectivity index (χ4n) is 2.37. The van der Waals surface area contributed by atoms with E-state index in [4.69, 9.17) is 21.7 Å². The number of thiocarbonyl (C=S) groups is 1. The fourth-order valence-corrected chi connectivity index (χ4v) is 2.59. The molecule has 0 unspecified atom stereocenters. The van der Waals surface area contributed by atoms with Crippen LogP contribution in [0.1, 0.15) is 18.9 Å². The van der Waals surface area contributed by atoms with Gasteiger partial charge in [0.1, 0.15) is 11.5 Å². The van der Waals surface area contributed by atoms with E-state index in [1.54, 1.807) is 7.11 Å². The zero-order chi connectivity index (χ0) is 17.2. The molecule has 0 amide bonds. The molecule has 0 bridgehead atoms. The van der Waals surface area contributed by atoms with Gasteiger partial charge in [-0.05, 0) is 67.9 Å². The topological polar surface area (TPSA) is 42.5 Å². The van der Waals surface area contributed by atoms with Crippen molar-refractivity contribution in [3.63, 3.8) is 0 Å². The Hall–Kier alpha value is -2.27. The van der Waals surface area contributed by atoms with Gasteiger partial charge < -0.3 is 20.1 Å². The standard InChI is InChI=1S/C19H24N2O2S/c1-3-23-17-12-10-16(11-13-17)21-19(24)20-14-6-8-15-7-4-5-9-18(15)22-2/h4-5,7,9-13H,3,6,8,14H2,1-2H3,(H2,20,21,24). The van der Waals surface area contributed by atoms with E-state index in [-0.39, 0.29) is 0 Å². The third kappa shape index (κ3) is 5.74. The van der Waals surface area contributed by atoms with Crippen LogP contribution < -0.4 is 20.1 Å². The Balaban J connectivity index is 1.71. The van der Waals surface area contributed by atoms with Crippen LogP contribution in [0.2, 0.25) is 0 Å². The predicted octanol–water partition coefficient (Wildman–Crippen LogP) is 4.01. The van der Waals surface area contributed by atoms with Crippen molar-refractivity contribution in [3.05, 3.63) is 54.1 Å². The van der Waals surface area contributed by atoms with Gasteiger partial charge in [-0.15, -0.1) is 0 Å². The molecular weight excluding hydrogens is 320 g/mol. The maximum Gasteiger partial charge on any atom is 0.170 e. The van der Waals surface area contributed by atoms with E-state index in [2.05, 4.69) is 16.7 Å².